The molecule has 1 fully saturated rings. The fourth-order valence-corrected chi connectivity index (χ4v) is 6.06. The molecule has 1 aliphatic carbocycles. The lowest BCUT2D eigenvalue weighted by Crippen LogP contribution is -2.19. The summed E-state index contributed by atoms with van der Waals surface area (Å²) in [5.74, 6) is 0. The molecule has 0 amide bonds. The molecule has 1 aromatic heterocycles. The van der Waals surface area contributed by atoms with Crippen LogP contribution in [-0.4, -0.2) is 21.9 Å². The predicted octanol–water partition coefficient (Wildman–Crippen LogP) is 7.55. The third-order valence-electron chi connectivity index (χ3n) is 7.02. The largest absolute Gasteiger partial charge is 0.270 e. The van der Waals surface area contributed by atoms with E-state index in [0.29, 0.717) is 0 Å². The standard InChI is InChI=1S/C30H26N4O2S/c35-34(36)25-14-8-11-23(18-25)29-20-37-30(32-24-12-2-1-3-13-24)33(29)31-19-28-26-15-6-4-9-21(26)17-22-10-5-7-16-27(22)28/h4-11,14-20,24H,1-3,12-13H2. The SMILES string of the molecule is O=[N+]([O-])c1cccc(-c2csc(=NC3CCCCC3)n2N=Cc2c3ccccc3cc3ccccc23)c1. The average Bonchev–Trinajstić information content (AvgIpc) is 3.33. The van der Waals surface area contributed by atoms with Gasteiger partial charge in [0.2, 0.25) is 4.80 Å². The van der Waals surface area contributed by atoms with Crippen molar-refractivity contribution >= 4 is 44.8 Å². The van der Waals surface area contributed by atoms with Crippen molar-refractivity contribution in [3.05, 3.63) is 105 Å². The molecule has 0 aliphatic heterocycles. The molecule has 6 rings (SSSR count). The quantitative estimate of drug-likeness (QED) is 0.107. The Labute approximate surface area is 218 Å². The summed E-state index contributed by atoms with van der Waals surface area (Å²) in [6.45, 7) is 0. The van der Waals surface area contributed by atoms with Gasteiger partial charge in [0.25, 0.3) is 5.69 Å². The van der Waals surface area contributed by atoms with Crippen molar-refractivity contribution in [3.63, 3.8) is 0 Å². The first-order valence-corrected chi connectivity index (χ1v) is 13.5. The topological polar surface area (TPSA) is 72.8 Å². The van der Waals surface area contributed by atoms with Crippen molar-refractivity contribution < 1.29 is 4.92 Å². The van der Waals surface area contributed by atoms with Crippen LogP contribution >= 0.6 is 11.3 Å². The predicted molar refractivity (Wildman–Crippen MR) is 151 cm³/mol. The summed E-state index contributed by atoms with van der Waals surface area (Å²) >= 11 is 1.53. The minimum absolute atomic E-state index is 0.0602. The number of rotatable bonds is 5. The maximum Gasteiger partial charge on any atom is 0.270 e. The van der Waals surface area contributed by atoms with Crippen LogP contribution in [0.25, 0.3) is 32.8 Å². The van der Waals surface area contributed by atoms with E-state index in [2.05, 4.69) is 30.3 Å². The first-order valence-electron chi connectivity index (χ1n) is 12.6. The molecule has 184 valence electrons. The van der Waals surface area contributed by atoms with Crippen LogP contribution in [0, 0.1) is 10.1 Å². The van der Waals surface area contributed by atoms with Crippen LogP contribution in [0.4, 0.5) is 5.69 Å². The van der Waals surface area contributed by atoms with Crippen molar-refractivity contribution in [2.75, 3.05) is 0 Å². The van der Waals surface area contributed by atoms with E-state index in [1.807, 2.05) is 46.6 Å². The molecule has 0 bridgehead atoms. The van der Waals surface area contributed by atoms with Crippen molar-refractivity contribution in [1.29, 1.82) is 0 Å². The first-order chi connectivity index (χ1) is 18.2. The lowest BCUT2D eigenvalue weighted by atomic mass is 9.96. The van der Waals surface area contributed by atoms with Gasteiger partial charge < -0.3 is 0 Å². The molecule has 6 nitrogen and oxygen atoms in total. The van der Waals surface area contributed by atoms with E-state index in [0.717, 1.165) is 56.0 Å². The van der Waals surface area contributed by atoms with Gasteiger partial charge in [-0.1, -0.05) is 79.9 Å². The van der Waals surface area contributed by atoms with Crippen molar-refractivity contribution in [1.82, 2.24) is 4.68 Å². The molecule has 4 aromatic carbocycles. The third-order valence-corrected chi connectivity index (χ3v) is 7.85. The molecular weight excluding hydrogens is 480 g/mol. The molecule has 0 unspecified atom stereocenters. The zero-order valence-corrected chi connectivity index (χ0v) is 21.1. The van der Waals surface area contributed by atoms with Crippen molar-refractivity contribution in [2.45, 2.75) is 38.1 Å². The fraction of sp³-hybridized carbons (Fsp3) is 0.200. The van der Waals surface area contributed by atoms with Crippen molar-refractivity contribution in [3.8, 4) is 11.3 Å². The molecular formula is C30H26N4O2S. The van der Waals surface area contributed by atoms with Crippen LogP contribution in [0.5, 0.6) is 0 Å². The number of aromatic nitrogens is 1. The second-order valence-corrected chi connectivity index (χ2v) is 10.3. The summed E-state index contributed by atoms with van der Waals surface area (Å²) in [6.07, 6.45) is 7.74. The molecule has 37 heavy (non-hydrogen) atoms. The van der Waals surface area contributed by atoms with Crippen LogP contribution in [0.2, 0.25) is 0 Å². The summed E-state index contributed by atoms with van der Waals surface area (Å²) in [4.78, 5) is 17.0. The number of thiazole rings is 1. The Morgan fingerprint density at radius 2 is 1.59 bits per heavy atom. The maximum atomic E-state index is 11.5. The zero-order chi connectivity index (χ0) is 25.2. The summed E-state index contributed by atoms with van der Waals surface area (Å²) in [6, 6.07) is 25.9. The Balaban J connectivity index is 1.54. The Morgan fingerprint density at radius 1 is 0.892 bits per heavy atom. The third kappa shape index (κ3) is 4.70. The van der Waals surface area contributed by atoms with Crippen LogP contribution in [0.1, 0.15) is 37.7 Å². The van der Waals surface area contributed by atoms with Crippen LogP contribution in [-0.2, 0) is 0 Å². The number of benzene rings is 4. The van der Waals surface area contributed by atoms with Gasteiger partial charge in [-0.15, -0.1) is 11.3 Å². The van der Waals surface area contributed by atoms with Crippen LogP contribution in [0.15, 0.2) is 94.3 Å². The molecule has 1 heterocycles. The highest BCUT2D eigenvalue weighted by molar-refractivity contribution is 7.07. The Bertz CT molecular complexity index is 1660. The highest BCUT2D eigenvalue weighted by Gasteiger charge is 2.16. The van der Waals surface area contributed by atoms with Gasteiger partial charge in [0, 0.05) is 28.6 Å². The molecule has 0 N–H and O–H groups in total. The van der Waals surface area contributed by atoms with E-state index in [9.17, 15) is 10.1 Å². The molecule has 1 aliphatic rings. The number of hydrogen-bond donors (Lipinski definition) is 0. The van der Waals surface area contributed by atoms with Crippen LogP contribution < -0.4 is 4.80 Å². The maximum absolute atomic E-state index is 11.5. The van der Waals surface area contributed by atoms with Crippen molar-refractivity contribution in [2.24, 2.45) is 10.1 Å². The minimum Gasteiger partial charge on any atom is -0.258 e. The molecule has 0 saturated heterocycles. The van der Waals surface area contributed by atoms with Gasteiger partial charge >= 0.3 is 0 Å². The van der Waals surface area contributed by atoms with E-state index in [-0.39, 0.29) is 16.7 Å². The summed E-state index contributed by atoms with van der Waals surface area (Å²) in [5, 5.41) is 23.0. The number of nitrogens with zero attached hydrogens (tertiary/aromatic N) is 4. The Kier molecular flexibility index (Phi) is 6.37. The van der Waals surface area contributed by atoms with Gasteiger partial charge in [0.05, 0.1) is 22.9 Å². The molecule has 0 atom stereocenters. The Morgan fingerprint density at radius 3 is 2.30 bits per heavy atom. The van der Waals surface area contributed by atoms with Gasteiger partial charge in [-0.2, -0.15) is 5.10 Å². The van der Waals surface area contributed by atoms with Gasteiger partial charge in [-0.25, -0.2) is 4.68 Å². The van der Waals surface area contributed by atoms with Gasteiger partial charge in [0.1, 0.15) is 0 Å². The number of nitro groups is 1. The number of fused-ring (bicyclic) bond motifs is 2. The molecule has 5 aromatic rings. The summed E-state index contributed by atoms with van der Waals surface area (Å²) in [7, 11) is 0. The molecule has 0 spiro atoms. The van der Waals surface area contributed by atoms with Gasteiger partial charge in [-0.3, -0.25) is 15.1 Å². The molecule has 7 heteroatoms. The van der Waals surface area contributed by atoms with E-state index in [1.54, 1.807) is 12.1 Å². The van der Waals surface area contributed by atoms with E-state index >= 15 is 0 Å². The minimum atomic E-state index is -0.362. The zero-order valence-electron chi connectivity index (χ0n) is 20.3. The summed E-state index contributed by atoms with van der Waals surface area (Å²) in [5.41, 5.74) is 2.64. The number of non-ortho nitro benzene ring substituents is 1. The second-order valence-electron chi connectivity index (χ2n) is 9.42. The number of hydrogen-bond acceptors (Lipinski definition) is 5. The fourth-order valence-electron chi connectivity index (χ4n) is 5.15. The number of nitro benzene ring substituents is 1. The first kappa shape index (κ1) is 23.3. The van der Waals surface area contributed by atoms with E-state index in [1.165, 1.54) is 36.7 Å². The van der Waals surface area contributed by atoms with Gasteiger partial charge in [-0.05, 0) is 40.5 Å². The monoisotopic (exact) mass is 506 g/mol. The highest BCUT2D eigenvalue weighted by Crippen LogP contribution is 2.29. The summed E-state index contributed by atoms with van der Waals surface area (Å²) < 4.78 is 1.86. The lowest BCUT2D eigenvalue weighted by molar-refractivity contribution is -0.384. The molecule has 1 saturated carbocycles. The average molecular weight is 507 g/mol. The molecule has 0 radical (unpaired) electrons. The highest BCUT2D eigenvalue weighted by atomic mass is 32.1. The lowest BCUT2D eigenvalue weighted by Gasteiger charge is -2.16. The normalized spacial score (nSPS) is 15.2. The Hall–Kier alpha value is -4.10. The van der Waals surface area contributed by atoms with E-state index in [4.69, 9.17) is 10.1 Å². The smallest absolute Gasteiger partial charge is 0.258 e. The second kappa shape index (κ2) is 10.1. The van der Waals surface area contributed by atoms with E-state index < -0.39 is 0 Å². The van der Waals surface area contributed by atoms with Gasteiger partial charge in [0.15, 0.2) is 0 Å². The van der Waals surface area contributed by atoms with Crippen LogP contribution in [0.3, 0.4) is 0 Å².